The molecule has 3 unspecified atom stereocenters. The van der Waals surface area contributed by atoms with Crippen LogP contribution in [0.25, 0.3) is 0 Å². The average molecular weight is 279 g/mol. The molecule has 15 heavy (non-hydrogen) atoms. The summed E-state index contributed by atoms with van der Waals surface area (Å²) in [6, 6.07) is 0. The molecule has 4 heteroatoms. The van der Waals surface area contributed by atoms with E-state index in [0.29, 0.717) is 18.6 Å². The lowest BCUT2D eigenvalue weighted by atomic mass is 9.88. The highest BCUT2D eigenvalue weighted by atomic mass is 79.9. The Balaban J connectivity index is 2.26. The van der Waals surface area contributed by atoms with Gasteiger partial charge in [0.2, 0.25) is 0 Å². The highest BCUT2D eigenvalue weighted by Gasteiger charge is 2.24. The fraction of sp³-hybridized carbons (Fsp3) is 0.909. The van der Waals surface area contributed by atoms with Crippen molar-refractivity contribution in [2.75, 3.05) is 13.7 Å². The minimum absolute atomic E-state index is 0.265. The fourth-order valence-corrected chi connectivity index (χ4v) is 2.27. The summed E-state index contributed by atoms with van der Waals surface area (Å²) in [5.41, 5.74) is 0. The molecular weight excluding hydrogens is 260 g/mol. The van der Waals surface area contributed by atoms with E-state index in [0.717, 1.165) is 6.42 Å². The summed E-state index contributed by atoms with van der Waals surface area (Å²) in [5, 5.41) is 0. The van der Waals surface area contributed by atoms with Gasteiger partial charge in [-0.1, -0.05) is 35.7 Å². The molecule has 0 N–H and O–H groups in total. The molecule has 0 aliphatic heterocycles. The Bertz CT molecular complexity index is 208. The summed E-state index contributed by atoms with van der Waals surface area (Å²) in [5.74, 6) is 0.342. The van der Waals surface area contributed by atoms with Crippen molar-refractivity contribution in [1.82, 2.24) is 0 Å². The van der Waals surface area contributed by atoms with Crippen molar-refractivity contribution in [3.05, 3.63) is 0 Å². The molecule has 0 amide bonds. The van der Waals surface area contributed by atoms with Crippen LogP contribution < -0.4 is 0 Å². The Hall–Kier alpha value is -0.0900. The Labute approximate surface area is 99.6 Å². The van der Waals surface area contributed by atoms with Gasteiger partial charge in [0.15, 0.2) is 0 Å². The lowest BCUT2D eigenvalue weighted by molar-refractivity contribution is -0.141. The molecular formula is C11H19BrO3. The number of rotatable bonds is 4. The summed E-state index contributed by atoms with van der Waals surface area (Å²) < 4.78 is 10.3. The van der Waals surface area contributed by atoms with Crippen LogP contribution in [0.3, 0.4) is 0 Å². The van der Waals surface area contributed by atoms with Crippen molar-refractivity contribution in [1.29, 1.82) is 0 Å². The second-order valence-electron chi connectivity index (χ2n) is 4.12. The van der Waals surface area contributed by atoms with E-state index in [1.807, 2.05) is 0 Å². The predicted octanol–water partition coefficient (Wildman–Crippen LogP) is 2.52. The quantitative estimate of drug-likeness (QED) is 0.586. The SMILES string of the molecule is COC(=O)C(Br)COC1CCCCC1C. The first-order valence-corrected chi connectivity index (χ1v) is 6.40. The Morgan fingerprint density at radius 1 is 1.47 bits per heavy atom. The van der Waals surface area contributed by atoms with Gasteiger partial charge in [-0.25, -0.2) is 0 Å². The number of hydrogen-bond acceptors (Lipinski definition) is 3. The molecule has 0 bridgehead atoms. The van der Waals surface area contributed by atoms with E-state index in [4.69, 9.17) is 4.74 Å². The molecule has 0 saturated heterocycles. The van der Waals surface area contributed by atoms with E-state index in [1.54, 1.807) is 0 Å². The maximum Gasteiger partial charge on any atom is 0.321 e. The average Bonchev–Trinajstić information content (AvgIpc) is 2.26. The van der Waals surface area contributed by atoms with Crippen molar-refractivity contribution in [3.63, 3.8) is 0 Å². The highest BCUT2D eigenvalue weighted by molar-refractivity contribution is 9.10. The molecule has 0 aromatic heterocycles. The summed E-state index contributed by atoms with van der Waals surface area (Å²) in [4.78, 5) is 10.8. The summed E-state index contributed by atoms with van der Waals surface area (Å²) in [6.45, 7) is 2.62. The third-order valence-electron chi connectivity index (χ3n) is 2.95. The zero-order valence-corrected chi connectivity index (χ0v) is 11.0. The van der Waals surface area contributed by atoms with Gasteiger partial charge in [-0.05, 0) is 18.8 Å². The Morgan fingerprint density at radius 3 is 2.73 bits per heavy atom. The van der Waals surface area contributed by atoms with Crippen LogP contribution in [0.1, 0.15) is 32.6 Å². The monoisotopic (exact) mass is 278 g/mol. The molecule has 3 atom stereocenters. The number of hydrogen-bond donors (Lipinski definition) is 0. The van der Waals surface area contributed by atoms with E-state index in [9.17, 15) is 4.79 Å². The van der Waals surface area contributed by atoms with Crippen molar-refractivity contribution < 1.29 is 14.3 Å². The third-order valence-corrected chi connectivity index (χ3v) is 3.58. The van der Waals surface area contributed by atoms with E-state index in [-0.39, 0.29) is 10.8 Å². The highest BCUT2D eigenvalue weighted by Crippen LogP contribution is 2.26. The van der Waals surface area contributed by atoms with Gasteiger partial charge in [0, 0.05) is 0 Å². The largest absolute Gasteiger partial charge is 0.468 e. The maximum atomic E-state index is 11.1. The molecule has 1 aliphatic rings. The number of alkyl halides is 1. The van der Waals surface area contributed by atoms with Crippen LogP contribution in [0.4, 0.5) is 0 Å². The van der Waals surface area contributed by atoms with E-state index in [2.05, 4.69) is 27.6 Å². The minimum Gasteiger partial charge on any atom is -0.468 e. The van der Waals surface area contributed by atoms with Crippen LogP contribution in [0.15, 0.2) is 0 Å². The maximum absolute atomic E-state index is 11.1. The normalized spacial score (nSPS) is 28.5. The molecule has 0 spiro atoms. The smallest absolute Gasteiger partial charge is 0.321 e. The predicted molar refractivity (Wildman–Crippen MR) is 62.1 cm³/mol. The van der Waals surface area contributed by atoms with Crippen molar-refractivity contribution >= 4 is 21.9 Å². The second kappa shape index (κ2) is 6.48. The van der Waals surface area contributed by atoms with Gasteiger partial charge in [-0.3, -0.25) is 4.79 Å². The summed E-state index contributed by atoms with van der Waals surface area (Å²) in [6.07, 6.45) is 5.19. The van der Waals surface area contributed by atoms with Crippen molar-refractivity contribution in [2.24, 2.45) is 5.92 Å². The fourth-order valence-electron chi connectivity index (χ4n) is 1.93. The first kappa shape index (κ1) is 13.0. The lowest BCUT2D eigenvalue weighted by Crippen LogP contribution is -2.30. The number of methoxy groups -OCH3 is 1. The first-order chi connectivity index (χ1) is 7.15. The van der Waals surface area contributed by atoms with Gasteiger partial charge in [-0.15, -0.1) is 0 Å². The van der Waals surface area contributed by atoms with Crippen LogP contribution in [-0.2, 0) is 14.3 Å². The van der Waals surface area contributed by atoms with Gasteiger partial charge in [-0.2, -0.15) is 0 Å². The van der Waals surface area contributed by atoms with Gasteiger partial charge in [0.25, 0.3) is 0 Å². The first-order valence-electron chi connectivity index (χ1n) is 5.48. The molecule has 0 radical (unpaired) electrons. The van der Waals surface area contributed by atoms with Gasteiger partial charge in [0.05, 0.1) is 19.8 Å². The summed E-state index contributed by atoms with van der Waals surface area (Å²) >= 11 is 3.25. The van der Waals surface area contributed by atoms with Gasteiger partial charge < -0.3 is 9.47 Å². The molecule has 0 heterocycles. The number of carbonyl (C=O) groups excluding carboxylic acids is 1. The lowest BCUT2D eigenvalue weighted by Gasteiger charge is -2.29. The van der Waals surface area contributed by atoms with Crippen LogP contribution in [-0.4, -0.2) is 30.6 Å². The number of ether oxygens (including phenoxy) is 2. The van der Waals surface area contributed by atoms with Crippen LogP contribution in [0.2, 0.25) is 0 Å². The summed E-state index contributed by atoms with van der Waals surface area (Å²) in [7, 11) is 1.39. The molecule has 0 aromatic rings. The number of carbonyl (C=O) groups is 1. The zero-order chi connectivity index (χ0) is 11.3. The molecule has 1 rings (SSSR count). The minimum atomic E-state index is -0.336. The molecule has 3 nitrogen and oxygen atoms in total. The zero-order valence-electron chi connectivity index (χ0n) is 9.37. The number of esters is 1. The molecule has 1 aliphatic carbocycles. The topological polar surface area (TPSA) is 35.5 Å². The van der Waals surface area contributed by atoms with Crippen LogP contribution in [0, 0.1) is 5.92 Å². The van der Waals surface area contributed by atoms with E-state index >= 15 is 0 Å². The molecule has 1 fully saturated rings. The Morgan fingerprint density at radius 2 is 2.13 bits per heavy atom. The molecule has 0 aromatic carbocycles. The van der Waals surface area contributed by atoms with Crippen molar-refractivity contribution in [3.8, 4) is 0 Å². The third kappa shape index (κ3) is 4.11. The Kier molecular flexibility index (Phi) is 5.61. The second-order valence-corrected chi connectivity index (χ2v) is 5.23. The van der Waals surface area contributed by atoms with E-state index in [1.165, 1.54) is 26.4 Å². The molecule has 1 saturated carbocycles. The van der Waals surface area contributed by atoms with Crippen LogP contribution >= 0.6 is 15.9 Å². The van der Waals surface area contributed by atoms with Gasteiger partial charge in [0.1, 0.15) is 4.83 Å². The number of halogens is 1. The van der Waals surface area contributed by atoms with Gasteiger partial charge >= 0.3 is 5.97 Å². The molecule has 88 valence electrons. The van der Waals surface area contributed by atoms with E-state index < -0.39 is 0 Å². The van der Waals surface area contributed by atoms with Crippen molar-refractivity contribution in [2.45, 2.75) is 43.5 Å². The standard InChI is InChI=1S/C11H19BrO3/c1-8-5-3-4-6-10(8)15-7-9(12)11(13)14-2/h8-10H,3-7H2,1-2H3. The van der Waals surface area contributed by atoms with Crippen LogP contribution in [0.5, 0.6) is 0 Å².